The second-order valence-electron chi connectivity index (χ2n) is 7.51. The molecule has 0 unspecified atom stereocenters. The Kier molecular flexibility index (Phi) is 10.0. The number of rotatable bonds is 6. The van der Waals surface area contributed by atoms with E-state index in [2.05, 4.69) is 23.8 Å². The molecular formula is C26H30N2O2Sn. The standard InChI is InChI=1S/2C13H15NO.Sn/c2*1-2-3-6-11-9-8-10-5-4-7-12(15)13(10)14-11;/h2*4-5,7-9,15H,2-3,6H2,1H3;. The van der Waals surface area contributed by atoms with Crippen molar-refractivity contribution in [2.45, 2.75) is 52.4 Å². The molecule has 0 aliphatic rings. The molecule has 2 heterocycles. The Morgan fingerprint density at radius 3 is 1.42 bits per heavy atom. The fourth-order valence-corrected chi connectivity index (χ4v) is 3.34. The topological polar surface area (TPSA) is 66.2 Å². The van der Waals surface area contributed by atoms with Crippen molar-refractivity contribution in [3.05, 3.63) is 72.1 Å². The molecule has 2 N–H and O–H groups in total. The molecule has 0 saturated carbocycles. The molecule has 0 spiro atoms. The Morgan fingerprint density at radius 2 is 1.03 bits per heavy atom. The van der Waals surface area contributed by atoms with Crippen LogP contribution in [0.15, 0.2) is 60.7 Å². The van der Waals surface area contributed by atoms with Gasteiger partial charge in [-0.15, -0.1) is 0 Å². The van der Waals surface area contributed by atoms with Crippen molar-refractivity contribution in [2.75, 3.05) is 0 Å². The minimum atomic E-state index is 0. The molecule has 4 nitrogen and oxygen atoms in total. The third-order valence-corrected chi connectivity index (χ3v) is 5.09. The van der Waals surface area contributed by atoms with E-state index in [1.165, 1.54) is 12.8 Å². The Bertz CT molecular complexity index is 1030. The molecule has 5 heteroatoms. The molecule has 4 radical (unpaired) electrons. The third-order valence-electron chi connectivity index (χ3n) is 5.09. The second-order valence-corrected chi connectivity index (χ2v) is 7.51. The van der Waals surface area contributed by atoms with Gasteiger partial charge in [0.2, 0.25) is 0 Å². The average Bonchev–Trinajstić information content (AvgIpc) is 2.77. The zero-order chi connectivity index (χ0) is 21.3. The van der Waals surface area contributed by atoms with Gasteiger partial charge in [-0.3, -0.25) is 0 Å². The Balaban J connectivity index is 0.000000213. The van der Waals surface area contributed by atoms with Gasteiger partial charge in [0.1, 0.15) is 22.5 Å². The molecule has 0 amide bonds. The van der Waals surface area contributed by atoms with Gasteiger partial charge >= 0.3 is 0 Å². The largest absolute Gasteiger partial charge is 0.506 e. The van der Waals surface area contributed by atoms with E-state index in [1.807, 2.05) is 48.5 Å². The van der Waals surface area contributed by atoms with Gasteiger partial charge in [0, 0.05) is 46.1 Å². The molecule has 160 valence electrons. The number of hydrogen-bond donors (Lipinski definition) is 2. The number of aryl methyl sites for hydroxylation is 2. The van der Waals surface area contributed by atoms with E-state index in [0.717, 1.165) is 47.8 Å². The molecule has 2 aromatic heterocycles. The van der Waals surface area contributed by atoms with Crippen LogP contribution < -0.4 is 0 Å². The van der Waals surface area contributed by atoms with Crippen molar-refractivity contribution in [1.29, 1.82) is 0 Å². The van der Waals surface area contributed by atoms with Gasteiger partial charge in [0.05, 0.1) is 0 Å². The summed E-state index contributed by atoms with van der Waals surface area (Å²) in [4.78, 5) is 8.92. The number of para-hydroxylation sites is 2. The molecule has 0 saturated heterocycles. The average molecular weight is 521 g/mol. The molecule has 0 atom stereocenters. The number of aromatic nitrogens is 2. The number of benzene rings is 2. The Hall–Kier alpha value is -2.34. The van der Waals surface area contributed by atoms with Crippen LogP contribution in [0, 0.1) is 0 Å². The van der Waals surface area contributed by atoms with Crippen LogP contribution in [0.1, 0.15) is 50.9 Å². The maximum atomic E-state index is 9.66. The van der Waals surface area contributed by atoms with Gasteiger partial charge in [-0.1, -0.05) is 63.1 Å². The predicted molar refractivity (Wildman–Crippen MR) is 130 cm³/mol. The minimum Gasteiger partial charge on any atom is -0.506 e. The molecule has 0 fully saturated rings. The van der Waals surface area contributed by atoms with Crippen LogP contribution >= 0.6 is 0 Å². The molecule has 31 heavy (non-hydrogen) atoms. The third kappa shape index (κ3) is 6.82. The first-order valence-corrected chi connectivity index (χ1v) is 10.8. The Labute approximate surface area is 201 Å². The van der Waals surface area contributed by atoms with Crippen molar-refractivity contribution < 1.29 is 10.2 Å². The van der Waals surface area contributed by atoms with E-state index < -0.39 is 0 Å². The van der Waals surface area contributed by atoms with Gasteiger partial charge in [-0.05, 0) is 49.9 Å². The van der Waals surface area contributed by atoms with Crippen LogP contribution in [-0.2, 0) is 12.8 Å². The van der Waals surface area contributed by atoms with E-state index in [9.17, 15) is 10.2 Å². The van der Waals surface area contributed by atoms with E-state index in [0.29, 0.717) is 11.0 Å². The van der Waals surface area contributed by atoms with E-state index >= 15 is 0 Å². The summed E-state index contributed by atoms with van der Waals surface area (Å²) in [5, 5.41) is 21.3. The minimum absolute atomic E-state index is 0. The number of pyridine rings is 2. The summed E-state index contributed by atoms with van der Waals surface area (Å²) in [6.07, 6.45) is 6.60. The molecule has 0 bridgehead atoms. The van der Waals surface area contributed by atoms with Gasteiger partial charge in [0.15, 0.2) is 0 Å². The Morgan fingerprint density at radius 1 is 0.613 bits per heavy atom. The maximum Gasteiger partial charge on any atom is 0.141 e. The quantitative estimate of drug-likeness (QED) is 0.298. The van der Waals surface area contributed by atoms with Crippen LogP contribution in [-0.4, -0.2) is 44.1 Å². The second kappa shape index (κ2) is 12.5. The number of unbranched alkanes of at least 4 members (excludes halogenated alkanes) is 2. The van der Waals surface area contributed by atoms with Crippen LogP contribution in [0.3, 0.4) is 0 Å². The van der Waals surface area contributed by atoms with Gasteiger partial charge < -0.3 is 10.2 Å². The van der Waals surface area contributed by atoms with Gasteiger partial charge in [0.25, 0.3) is 0 Å². The monoisotopic (exact) mass is 522 g/mol. The summed E-state index contributed by atoms with van der Waals surface area (Å²) in [6, 6.07) is 19.1. The normalized spacial score (nSPS) is 10.4. The number of aromatic hydroxyl groups is 2. The summed E-state index contributed by atoms with van der Waals surface area (Å²) in [5.74, 6) is 0.539. The first-order chi connectivity index (χ1) is 14.6. The summed E-state index contributed by atoms with van der Waals surface area (Å²) in [7, 11) is 0. The first-order valence-electron chi connectivity index (χ1n) is 10.8. The number of phenolic OH excluding ortho intramolecular Hbond substituents is 2. The SMILES string of the molecule is CCCCc1ccc2cccc(O)c2n1.CCCCc1ccc2cccc(O)c2n1.[Sn]. The van der Waals surface area contributed by atoms with Crippen LogP contribution in [0.4, 0.5) is 0 Å². The summed E-state index contributed by atoms with van der Waals surface area (Å²) >= 11 is 0. The maximum absolute atomic E-state index is 9.66. The number of fused-ring (bicyclic) bond motifs is 2. The van der Waals surface area contributed by atoms with Crippen molar-refractivity contribution in [3.8, 4) is 11.5 Å². The van der Waals surface area contributed by atoms with Crippen LogP contribution in [0.25, 0.3) is 21.8 Å². The fourth-order valence-electron chi connectivity index (χ4n) is 3.34. The number of phenols is 2. The van der Waals surface area contributed by atoms with E-state index in [1.54, 1.807) is 12.1 Å². The molecule has 4 aromatic rings. The zero-order valence-corrected chi connectivity index (χ0v) is 21.2. The summed E-state index contributed by atoms with van der Waals surface area (Å²) in [5.41, 5.74) is 3.55. The smallest absolute Gasteiger partial charge is 0.141 e. The van der Waals surface area contributed by atoms with Crippen molar-refractivity contribution in [3.63, 3.8) is 0 Å². The van der Waals surface area contributed by atoms with Crippen molar-refractivity contribution in [2.24, 2.45) is 0 Å². The zero-order valence-electron chi connectivity index (χ0n) is 18.3. The van der Waals surface area contributed by atoms with E-state index in [4.69, 9.17) is 0 Å². The molecule has 0 aliphatic carbocycles. The summed E-state index contributed by atoms with van der Waals surface area (Å²) in [6.45, 7) is 4.33. The predicted octanol–water partition coefficient (Wildman–Crippen LogP) is 6.19. The van der Waals surface area contributed by atoms with Crippen molar-refractivity contribution >= 4 is 45.7 Å². The molecule has 2 aromatic carbocycles. The first kappa shape index (κ1) is 24.9. The van der Waals surface area contributed by atoms with Crippen LogP contribution in [0.2, 0.25) is 0 Å². The molecule has 4 rings (SSSR count). The molecular weight excluding hydrogens is 491 g/mol. The molecule has 0 aliphatic heterocycles. The van der Waals surface area contributed by atoms with Gasteiger partial charge in [-0.25, -0.2) is 9.97 Å². The van der Waals surface area contributed by atoms with Gasteiger partial charge in [-0.2, -0.15) is 0 Å². The van der Waals surface area contributed by atoms with Crippen LogP contribution in [0.5, 0.6) is 11.5 Å². The van der Waals surface area contributed by atoms with E-state index in [-0.39, 0.29) is 35.4 Å². The fraction of sp³-hybridized carbons (Fsp3) is 0.308. The summed E-state index contributed by atoms with van der Waals surface area (Å²) < 4.78 is 0. The van der Waals surface area contributed by atoms with Crippen molar-refractivity contribution in [1.82, 2.24) is 9.97 Å². The number of hydrogen-bond acceptors (Lipinski definition) is 4. The number of nitrogens with zero attached hydrogens (tertiary/aromatic N) is 2.